The van der Waals surface area contributed by atoms with Gasteiger partial charge >= 0.3 is 0 Å². The number of rotatable bonds is 3. The third-order valence-corrected chi connectivity index (χ3v) is 2.76. The SMILES string of the molecule is CNC(=O)C(O)C1O[C@H](CO)[C@@H](O)[C@H](O)[C@@H]1O. The third-order valence-electron chi connectivity index (χ3n) is 2.76. The monoisotopic (exact) mass is 251 g/mol. The molecule has 0 aliphatic carbocycles. The van der Waals surface area contributed by atoms with Crippen molar-refractivity contribution in [2.75, 3.05) is 13.7 Å². The lowest BCUT2D eigenvalue weighted by molar-refractivity contribution is -0.247. The van der Waals surface area contributed by atoms with Gasteiger partial charge in [-0.1, -0.05) is 0 Å². The van der Waals surface area contributed by atoms with Crippen LogP contribution in [0.5, 0.6) is 0 Å². The van der Waals surface area contributed by atoms with E-state index in [1.807, 2.05) is 0 Å². The molecule has 2 unspecified atom stereocenters. The maximum Gasteiger partial charge on any atom is 0.251 e. The number of aliphatic hydroxyl groups is 5. The van der Waals surface area contributed by atoms with E-state index in [9.17, 15) is 25.2 Å². The summed E-state index contributed by atoms with van der Waals surface area (Å²) in [6.45, 7) is -0.609. The number of likely N-dealkylation sites (N-methyl/N-ethyl adjacent to an activating group) is 1. The van der Waals surface area contributed by atoms with Crippen molar-refractivity contribution in [3.63, 3.8) is 0 Å². The molecule has 8 nitrogen and oxygen atoms in total. The van der Waals surface area contributed by atoms with E-state index in [2.05, 4.69) is 5.32 Å². The number of amides is 1. The van der Waals surface area contributed by atoms with Gasteiger partial charge in [0.25, 0.3) is 5.91 Å². The Balaban J connectivity index is 2.81. The van der Waals surface area contributed by atoms with Gasteiger partial charge in [-0.05, 0) is 0 Å². The summed E-state index contributed by atoms with van der Waals surface area (Å²) in [5.74, 6) is -0.797. The second-order valence-corrected chi connectivity index (χ2v) is 3.85. The maximum absolute atomic E-state index is 11.2. The van der Waals surface area contributed by atoms with Gasteiger partial charge in [0.2, 0.25) is 0 Å². The Kier molecular flexibility index (Phi) is 4.80. The fourth-order valence-corrected chi connectivity index (χ4v) is 1.69. The Hall–Kier alpha value is -0.770. The zero-order valence-electron chi connectivity index (χ0n) is 9.22. The molecule has 1 aliphatic rings. The van der Waals surface area contributed by atoms with Crippen molar-refractivity contribution in [3.05, 3.63) is 0 Å². The van der Waals surface area contributed by atoms with Gasteiger partial charge in [0, 0.05) is 7.05 Å². The van der Waals surface area contributed by atoms with Crippen molar-refractivity contribution in [3.8, 4) is 0 Å². The topological polar surface area (TPSA) is 139 Å². The van der Waals surface area contributed by atoms with Crippen LogP contribution in [-0.4, -0.2) is 81.7 Å². The van der Waals surface area contributed by atoms with Gasteiger partial charge in [-0.15, -0.1) is 0 Å². The summed E-state index contributed by atoms with van der Waals surface area (Å²) in [4.78, 5) is 11.2. The lowest BCUT2D eigenvalue weighted by Crippen LogP contribution is -2.63. The van der Waals surface area contributed by atoms with Crippen LogP contribution < -0.4 is 5.32 Å². The molecule has 0 aromatic rings. The normalized spacial score (nSPS) is 39.8. The highest BCUT2D eigenvalue weighted by Crippen LogP contribution is 2.23. The molecule has 1 aliphatic heterocycles. The second-order valence-electron chi connectivity index (χ2n) is 3.85. The molecule has 0 radical (unpaired) electrons. The van der Waals surface area contributed by atoms with E-state index in [0.717, 1.165) is 0 Å². The molecule has 100 valence electrons. The predicted octanol–water partition coefficient (Wildman–Crippen LogP) is -4.06. The van der Waals surface area contributed by atoms with E-state index >= 15 is 0 Å². The molecule has 1 rings (SSSR count). The van der Waals surface area contributed by atoms with Crippen LogP contribution in [0.25, 0.3) is 0 Å². The van der Waals surface area contributed by atoms with E-state index in [0.29, 0.717) is 0 Å². The lowest BCUT2D eigenvalue weighted by Gasteiger charge is -2.41. The first-order valence-electron chi connectivity index (χ1n) is 5.14. The van der Waals surface area contributed by atoms with Gasteiger partial charge in [0.05, 0.1) is 6.61 Å². The molecule has 0 saturated carbocycles. The van der Waals surface area contributed by atoms with Gasteiger partial charge in [-0.2, -0.15) is 0 Å². The molecule has 1 heterocycles. The fraction of sp³-hybridized carbons (Fsp3) is 0.889. The van der Waals surface area contributed by atoms with Crippen molar-refractivity contribution in [2.45, 2.75) is 36.6 Å². The van der Waals surface area contributed by atoms with Gasteiger partial charge in [-0.25, -0.2) is 0 Å². The molecule has 17 heavy (non-hydrogen) atoms. The second kappa shape index (κ2) is 5.71. The van der Waals surface area contributed by atoms with E-state index in [1.165, 1.54) is 7.05 Å². The van der Waals surface area contributed by atoms with Crippen LogP contribution in [0.15, 0.2) is 0 Å². The molecule has 0 bridgehead atoms. The minimum absolute atomic E-state index is 0.609. The van der Waals surface area contributed by atoms with Crippen LogP contribution >= 0.6 is 0 Å². The quantitative estimate of drug-likeness (QED) is 0.300. The Bertz CT molecular complexity index is 272. The highest BCUT2D eigenvalue weighted by molar-refractivity contribution is 5.80. The Morgan fingerprint density at radius 2 is 1.88 bits per heavy atom. The van der Waals surface area contributed by atoms with Crippen molar-refractivity contribution in [2.24, 2.45) is 0 Å². The predicted molar refractivity (Wildman–Crippen MR) is 53.8 cm³/mol. The van der Waals surface area contributed by atoms with E-state index in [4.69, 9.17) is 9.84 Å². The molecule has 1 fully saturated rings. The Labute approximate surface area is 97.4 Å². The van der Waals surface area contributed by atoms with Crippen molar-refractivity contribution < 1.29 is 35.1 Å². The number of aliphatic hydroxyl groups excluding tert-OH is 5. The molecule has 0 aromatic heterocycles. The fourth-order valence-electron chi connectivity index (χ4n) is 1.69. The van der Waals surface area contributed by atoms with E-state index in [-0.39, 0.29) is 0 Å². The summed E-state index contributed by atoms with van der Waals surface area (Å²) < 4.78 is 4.99. The molecule has 1 saturated heterocycles. The molecule has 6 atom stereocenters. The van der Waals surface area contributed by atoms with Gasteiger partial charge in [0.1, 0.15) is 30.5 Å². The van der Waals surface area contributed by atoms with Crippen LogP contribution in [0, 0.1) is 0 Å². The summed E-state index contributed by atoms with van der Waals surface area (Å²) >= 11 is 0. The zero-order valence-corrected chi connectivity index (χ0v) is 9.22. The number of hydrogen-bond acceptors (Lipinski definition) is 7. The minimum Gasteiger partial charge on any atom is -0.394 e. The average molecular weight is 251 g/mol. The van der Waals surface area contributed by atoms with Crippen LogP contribution in [0.3, 0.4) is 0 Å². The van der Waals surface area contributed by atoms with Crippen LogP contribution in [0.1, 0.15) is 0 Å². The van der Waals surface area contributed by atoms with Crippen molar-refractivity contribution >= 4 is 5.91 Å². The van der Waals surface area contributed by atoms with Gasteiger partial charge in [-0.3, -0.25) is 4.79 Å². The smallest absolute Gasteiger partial charge is 0.251 e. The molecular weight excluding hydrogens is 234 g/mol. The van der Waals surface area contributed by atoms with Crippen molar-refractivity contribution in [1.29, 1.82) is 0 Å². The zero-order chi connectivity index (χ0) is 13.2. The first-order valence-corrected chi connectivity index (χ1v) is 5.14. The van der Waals surface area contributed by atoms with Crippen LogP contribution in [0.4, 0.5) is 0 Å². The summed E-state index contributed by atoms with van der Waals surface area (Å²) in [5.41, 5.74) is 0. The molecule has 8 heteroatoms. The maximum atomic E-state index is 11.2. The summed E-state index contributed by atoms with van der Waals surface area (Å²) in [7, 11) is 1.29. The Morgan fingerprint density at radius 3 is 2.35 bits per heavy atom. The minimum atomic E-state index is -1.70. The molecule has 0 spiro atoms. The Morgan fingerprint density at radius 1 is 1.29 bits per heavy atom. The number of carbonyl (C=O) groups is 1. The summed E-state index contributed by atoms with van der Waals surface area (Å²) in [6.07, 6.45) is -9.00. The molecule has 6 N–H and O–H groups in total. The summed E-state index contributed by atoms with van der Waals surface area (Å²) in [5, 5.41) is 49.1. The first-order chi connectivity index (χ1) is 7.93. The van der Waals surface area contributed by atoms with Gasteiger partial charge in [0.15, 0.2) is 6.10 Å². The average Bonchev–Trinajstić information content (AvgIpc) is 2.34. The first kappa shape index (κ1) is 14.3. The highest BCUT2D eigenvalue weighted by Gasteiger charge is 2.47. The number of ether oxygens (including phenoxy) is 1. The van der Waals surface area contributed by atoms with Crippen LogP contribution in [0.2, 0.25) is 0 Å². The number of carbonyl (C=O) groups excluding carboxylic acids is 1. The standard InChI is InChI=1S/C9H17NO7/c1-10-9(16)7(15)8-6(14)5(13)4(12)3(2-11)17-8/h3-8,11-15H,2H2,1H3,(H,10,16)/t3-,4-,5+,6+,7?,8?/m1/s1. The molecule has 1 amide bonds. The van der Waals surface area contributed by atoms with E-state index < -0.39 is 49.1 Å². The van der Waals surface area contributed by atoms with E-state index in [1.54, 1.807) is 0 Å². The number of nitrogens with one attached hydrogen (secondary N) is 1. The summed E-state index contributed by atoms with van der Waals surface area (Å²) in [6, 6.07) is 0. The lowest BCUT2D eigenvalue weighted by atomic mass is 9.92. The van der Waals surface area contributed by atoms with Gasteiger partial charge < -0.3 is 35.6 Å². The number of hydrogen-bond donors (Lipinski definition) is 6. The van der Waals surface area contributed by atoms with Crippen LogP contribution in [-0.2, 0) is 9.53 Å². The van der Waals surface area contributed by atoms with Crippen molar-refractivity contribution in [1.82, 2.24) is 5.32 Å². The highest BCUT2D eigenvalue weighted by atomic mass is 16.6. The third kappa shape index (κ3) is 2.73. The largest absolute Gasteiger partial charge is 0.394 e. The molecular formula is C9H17NO7. The molecule has 0 aromatic carbocycles.